The highest BCUT2D eigenvalue weighted by Gasteiger charge is 2.12. The maximum Gasteiger partial charge on any atom is 0.167 e. The predicted molar refractivity (Wildman–Crippen MR) is 84.8 cm³/mol. The van der Waals surface area contributed by atoms with E-state index in [1.54, 1.807) is 12.1 Å². The van der Waals surface area contributed by atoms with Crippen LogP contribution in [0.2, 0.25) is 10.0 Å². The molecular weight excluding hydrogens is 293 g/mol. The minimum absolute atomic E-state index is 0.0289. The molecule has 2 aromatic rings. The fourth-order valence-corrected chi connectivity index (χ4v) is 2.69. The fraction of sp³-hybridized carbons (Fsp3) is 0.188. The summed E-state index contributed by atoms with van der Waals surface area (Å²) >= 11 is 11.9. The maximum absolute atomic E-state index is 12.3. The van der Waals surface area contributed by atoms with Crippen molar-refractivity contribution < 1.29 is 4.79 Å². The summed E-state index contributed by atoms with van der Waals surface area (Å²) < 4.78 is 0. The van der Waals surface area contributed by atoms with Crippen molar-refractivity contribution in [2.45, 2.75) is 20.3 Å². The van der Waals surface area contributed by atoms with Crippen LogP contribution in [0.15, 0.2) is 30.3 Å². The highest BCUT2D eigenvalue weighted by atomic mass is 35.5. The molecule has 0 spiro atoms. The molecule has 0 aliphatic heterocycles. The van der Waals surface area contributed by atoms with E-state index in [0.717, 1.165) is 16.7 Å². The van der Waals surface area contributed by atoms with Gasteiger partial charge in [-0.25, -0.2) is 0 Å². The molecule has 0 atom stereocenters. The van der Waals surface area contributed by atoms with Gasteiger partial charge in [-0.05, 0) is 31.5 Å². The lowest BCUT2D eigenvalue weighted by Crippen LogP contribution is -2.05. The van der Waals surface area contributed by atoms with Gasteiger partial charge < -0.3 is 5.73 Å². The van der Waals surface area contributed by atoms with Gasteiger partial charge in [0, 0.05) is 12.0 Å². The number of halogens is 2. The van der Waals surface area contributed by atoms with E-state index in [1.807, 2.05) is 26.0 Å². The number of ketones is 1. The van der Waals surface area contributed by atoms with Crippen molar-refractivity contribution in [1.29, 1.82) is 0 Å². The molecule has 0 saturated heterocycles. The molecule has 0 radical (unpaired) electrons. The van der Waals surface area contributed by atoms with Gasteiger partial charge in [0.2, 0.25) is 0 Å². The van der Waals surface area contributed by atoms with Crippen molar-refractivity contribution in [3.8, 4) is 0 Å². The number of Topliss-reactive ketones (excluding diaryl/α,β-unsaturated/α-hetero) is 1. The van der Waals surface area contributed by atoms with Gasteiger partial charge in [0.1, 0.15) is 0 Å². The zero-order valence-electron chi connectivity index (χ0n) is 11.3. The van der Waals surface area contributed by atoms with E-state index in [4.69, 9.17) is 28.9 Å². The zero-order valence-corrected chi connectivity index (χ0v) is 12.8. The number of anilines is 1. The van der Waals surface area contributed by atoms with Gasteiger partial charge in [0.15, 0.2) is 5.78 Å². The van der Waals surface area contributed by atoms with Crippen molar-refractivity contribution in [3.63, 3.8) is 0 Å². The normalized spacial score (nSPS) is 10.6. The molecule has 4 heteroatoms. The second-order valence-corrected chi connectivity index (χ2v) is 5.76. The molecule has 2 rings (SSSR count). The van der Waals surface area contributed by atoms with Gasteiger partial charge in [-0.3, -0.25) is 4.79 Å². The molecule has 2 aromatic carbocycles. The summed E-state index contributed by atoms with van der Waals surface area (Å²) in [4.78, 5) is 12.3. The van der Waals surface area contributed by atoms with E-state index in [2.05, 4.69) is 6.07 Å². The third kappa shape index (κ3) is 3.33. The lowest BCUT2D eigenvalue weighted by molar-refractivity contribution is 0.0993. The Morgan fingerprint density at radius 3 is 2.00 bits per heavy atom. The summed E-state index contributed by atoms with van der Waals surface area (Å²) in [5.41, 5.74) is 9.71. The maximum atomic E-state index is 12.3. The first-order chi connectivity index (χ1) is 9.36. The number of rotatable bonds is 3. The smallest absolute Gasteiger partial charge is 0.167 e. The van der Waals surface area contributed by atoms with E-state index in [9.17, 15) is 4.79 Å². The minimum Gasteiger partial charge on any atom is -0.396 e. The highest BCUT2D eigenvalue weighted by Crippen LogP contribution is 2.29. The molecule has 104 valence electrons. The van der Waals surface area contributed by atoms with Crippen LogP contribution in [0.5, 0.6) is 0 Å². The zero-order chi connectivity index (χ0) is 14.9. The van der Waals surface area contributed by atoms with Crippen LogP contribution in [0.4, 0.5) is 5.69 Å². The Balaban J connectivity index is 2.28. The number of nitrogen functional groups attached to an aromatic ring is 1. The first kappa shape index (κ1) is 14.9. The van der Waals surface area contributed by atoms with Crippen LogP contribution in [-0.4, -0.2) is 5.78 Å². The molecule has 0 unspecified atom stereocenters. The number of hydrogen-bond donors (Lipinski definition) is 1. The summed E-state index contributed by atoms with van der Waals surface area (Å²) in [6.45, 7) is 4.02. The predicted octanol–water partition coefficient (Wildman–Crippen LogP) is 4.62. The lowest BCUT2D eigenvalue weighted by Gasteiger charge is -2.07. The molecule has 0 fully saturated rings. The largest absolute Gasteiger partial charge is 0.396 e. The van der Waals surface area contributed by atoms with E-state index in [1.165, 1.54) is 0 Å². The Kier molecular flexibility index (Phi) is 4.36. The molecule has 0 heterocycles. The first-order valence-corrected chi connectivity index (χ1v) is 6.97. The number of carbonyl (C=O) groups is 1. The minimum atomic E-state index is -0.0289. The van der Waals surface area contributed by atoms with Crippen LogP contribution in [0.1, 0.15) is 27.0 Å². The molecule has 0 amide bonds. The summed E-state index contributed by atoms with van der Waals surface area (Å²) in [6.07, 6.45) is 0.319. The Labute approximate surface area is 128 Å². The molecule has 20 heavy (non-hydrogen) atoms. The average Bonchev–Trinajstić information content (AvgIpc) is 2.33. The first-order valence-electron chi connectivity index (χ1n) is 6.21. The van der Waals surface area contributed by atoms with E-state index >= 15 is 0 Å². The fourth-order valence-electron chi connectivity index (χ4n) is 2.20. The van der Waals surface area contributed by atoms with Gasteiger partial charge in [0.25, 0.3) is 0 Å². The van der Waals surface area contributed by atoms with Crippen molar-refractivity contribution in [3.05, 3.63) is 62.6 Å². The molecule has 2 nitrogen and oxygen atoms in total. The standard InChI is InChI=1S/C16H15Cl2NO/c1-9-3-10(2)5-11(4-9)6-15(20)12-7-13(17)16(19)14(18)8-12/h3-5,7-8H,6,19H2,1-2H3. The van der Waals surface area contributed by atoms with Crippen molar-refractivity contribution >= 4 is 34.7 Å². The number of carbonyl (C=O) groups excluding carboxylic acids is 1. The molecule has 0 aromatic heterocycles. The summed E-state index contributed by atoms with van der Waals surface area (Å²) in [5.74, 6) is -0.0289. The number of benzene rings is 2. The topological polar surface area (TPSA) is 43.1 Å². The highest BCUT2D eigenvalue weighted by molar-refractivity contribution is 6.39. The van der Waals surface area contributed by atoms with Crippen molar-refractivity contribution in [2.75, 3.05) is 5.73 Å². The van der Waals surface area contributed by atoms with Crippen molar-refractivity contribution in [2.24, 2.45) is 0 Å². The van der Waals surface area contributed by atoms with Gasteiger partial charge in [-0.1, -0.05) is 52.5 Å². The molecule has 0 bridgehead atoms. The molecule has 0 saturated carbocycles. The van der Waals surface area contributed by atoms with Crippen LogP contribution in [0.3, 0.4) is 0 Å². The van der Waals surface area contributed by atoms with E-state index < -0.39 is 0 Å². The van der Waals surface area contributed by atoms with Crippen LogP contribution in [-0.2, 0) is 6.42 Å². The Morgan fingerprint density at radius 1 is 1.00 bits per heavy atom. The lowest BCUT2D eigenvalue weighted by atomic mass is 9.99. The van der Waals surface area contributed by atoms with Crippen LogP contribution in [0, 0.1) is 13.8 Å². The van der Waals surface area contributed by atoms with E-state index in [0.29, 0.717) is 27.7 Å². The Morgan fingerprint density at radius 2 is 1.50 bits per heavy atom. The average molecular weight is 308 g/mol. The summed E-state index contributed by atoms with van der Waals surface area (Å²) in [7, 11) is 0. The molecule has 2 N–H and O–H groups in total. The second-order valence-electron chi connectivity index (χ2n) is 4.95. The Bertz CT molecular complexity index is 637. The molecular formula is C16H15Cl2NO. The summed E-state index contributed by atoms with van der Waals surface area (Å²) in [5, 5.41) is 0.613. The van der Waals surface area contributed by atoms with Gasteiger partial charge >= 0.3 is 0 Å². The van der Waals surface area contributed by atoms with Crippen molar-refractivity contribution in [1.82, 2.24) is 0 Å². The number of hydrogen-bond acceptors (Lipinski definition) is 2. The van der Waals surface area contributed by atoms with Crippen LogP contribution >= 0.6 is 23.2 Å². The van der Waals surface area contributed by atoms with Gasteiger partial charge in [-0.2, -0.15) is 0 Å². The number of nitrogens with two attached hydrogens (primary N) is 1. The third-order valence-corrected chi connectivity index (χ3v) is 3.67. The third-order valence-electron chi connectivity index (χ3n) is 3.05. The van der Waals surface area contributed by atoms with E-state index in [-0.39, 0.29) is 5.78 Å². The Hall–Kier alpha value is -1.51. The molecule has 0 aliphatic rings. The number of aryl methyl sites for hydroxylation is 2. The summed E-state index contributed by atoms with van der Waals surface area (Å²) in [6, 6.07) is 9.21. The van der Waals surface area contributed by atoms with Gasteiger partial charge in [0.05, 0.1) is 15.7 Å². The quantitative estimate of drug-likeness (QED) is 0.664. The molecule has 0 aliphatic carbocycles. The van der Waals surface area contributed by atoms with Crippen LogP contribution in [0.25, 0.3) is 0 Å². The van der Waals surface area contributed by atoms with Gasteiger partial charge in [-0.15, -0.1) is 0 Å². The van der Waals surface area contributed by atoms with Crippen LogP contribution < -0.4 is 5.73 Å². The second kappa shape index (κ2) is 5.86. The SMILES string of the molecule is Cc1cc(C)cc(CC(=O)c2cc(Cl)c(N)c(Cl)c2)c1. The monoisotopic (exact) mass is 307 g/mol.